The summed E-state index contributed by atoms with van der Waals surface area (Å²) in [5.74, 6) is -1.20. The predicted molar refractivity (Wildman–Crippen MR) is 108 cm³/mol. The second-order valence-corrected chi connectivity index (χ2v) is 8.73. The summed E-state index contributed by atoms with van der Waals surface area (Å²) in [6.07, 6.45) is 1.17. The molecule has 1 unspecified atom stereocenters. The molecule has 2 aromatic rings. The monoisotopic (exact) mass is 432 g/mol. The maximum absolute atomic E-state index is 13.5. The van der Waals surface area contributed by atoms with E-state index in [0.717, 1.165) is 22.2 Å². The highest BCUT2D eigenvalue weighted by atomic mass is 35.5. The first kappa shape index (κ1) is 21.5. The van der Waals surface area contributed by atoms with E-state index in [4.69, 9.17) is 23.2 Å². The van der Waals surface area contributed by atoms with Crippen molar-refractivity contribution >= 4 is 50.5 Å². The highest BCUT2D eigenvalue weighted by Gasteiger charge is 2.32. The molecule has 0 fully saturated rings. The minimum Gasteiger partial charge on any atom is -0.324 e. The number of sulfonamides is 1. The Labute approximate surface area is 168 Å². The third kappa shape index (κ3) is 5.12. The lowest BCUT2D eigenvalue weighted by Gasteiger charge is -2.30. The highest BCUT2D eigenvalue weighted by molar-refractivity contribution is 7.92. The summed E-state index contributed by atoms with van der Waals surface area (Å²) in [4.78, 5) is 12.8. The fourth-order valence-corrected chi connectivity index (χ4v) is 4.27. The summed E-state index contributed by atoms with van der Waals surface area (Å²) < 4.78 is 39.2. The van der Waals surface area contributed by atoms with E-state index in [1.165, 1.54) is 12.1 Å². The normalized spacial score (nSPS) is 12.5. The molecule has 0 saturated heterocycles. The van der Waals surface area contributed by atoms with Gasteiger partial charge in [-0.1, -0.05) is 30.1 Å². The first-order valence-electron chi connectivity index (χ1n) is 8.06. The molecule has 0 aliphatic carbocycles. The van der Waals surface area contributed by atoms with Crippen LogP contribution in [0.15, 0.2) is 36.4 Å². The van der Waals surface area contributed by atoms with Crippen molar-refractivity contribution in [2.24, 2.45) is 0 Å². The second-order valence-electron chi connectivity index (χ2n) is 6.03. The largest absolute Gasteiger partial charge is 0.324 e. The Morgan fingerprint density at radius 1 is 1.22 bits per heavy atom. The Kier molecular flexibility index (Phi) is 6.72. The van der Waals surface area contributed by atoms with Crippen molar-refractivity contribution in [3.63, 3.8) is 0 Å². The van der Waals surface area contributed by atoms with Crippen LogP contribution in [0.2, 0.25) is 10.0 Å². The Balaban J connectivity index is 2.42. The van der Waals surface area contributed by atoms with Crippen molar-refractivity contribution in [3.05, 3.63) is 57.8 Å². The Hall–Kier alpha value is -1.83. The van der Waals surface area contributed by atoms with Gasteiger partial charge in [0.2, 0.25) is 15.9 Å². The molecule has 1 atom stereocenters. The average molecular weight is 433 g/mol. The van der Waals surface area contributed by atoms with Gasteiger partial charge in [-0.25, -0.2) is 12.8 Å². The molecule has 0 saturated carbocycles. The lowest BCUT2D eigenvalue weighted by molar-refractivity contribution is -0.117. The van der Waals surface area contributed by atoms with Gasteiger partial charge in [0.25, 0.3) is 0 Å². The Morgan fingerprint density at radius 3 is 2.41 bits per heavy atom. The van der Waals surface area contributed by atoms with E-state index >= 15 is 0 Å². The molecule has 146 valence electrons. The number of carbonyl (C=O) groups excluding carboxylic acids is 1. The number of nitrogens with one attached hydrogen (secondary N) is 1. The van der Waals surface area contributed by atoms with Crippen LogP contribution in [0.25, 0.3) is 0 Å². The van der Waals surface area contributed by atoms with Crippen LogP contribution in [0.3, 0.4) is 0 Å². The molecule has 27 heavy (non-hydrogen) atoms. The van der Waals surface area contributed by atoms with E-state index < -0.39 is 27.8 Å². The molecular formula is C18H19Cl2FN2O3S. The van der Waals surface area contributed by atoms with E-state index in [-0.39, 0.29) is 17.1 Å². The van der Waals surface area contributed by atoms with Gasteiger partial charge >= 0.3 is 0 Å². The summed E-state index contributed by atoms with van der Waals surface area (Å²) >= 11 is 11.7. The number of nitrogens with zero attached hydrogens (tertiary/aromatic N) is 1. The number of hydrogen-bond donors (Lipinski definition) is 1. The molecule has 2 rings (SSSR count). The standard InChI is InChI=1S/C18H19Cl2FN2O3S/c1-4-17(18(24)22-16-8-5-12(19)9-11(16)2)23(27(3,25)26)13-6-7-15(21)14(20)10-13/h5-10,17H,4H2,1-3H3,(H,22,24). The molecule has 0 heterocycles. The maximum atomic E-state index is 13.5. The number of anilines is 2. The van der Waals surface area contributed by atoms with Gasteiger partial charge in [0.15, 0.2) is 0 Å². The molecule has 0 aliphatic heterocycles. The van der Waals surface area contributed by atoms with Crippen LogP contribution in [-0.2, 0) is 14.8 Å². The molecule has 0 radical (unpaired) electrons. The lowest BCUT2D eigenvalue weighted by atomic mass is 10.1. The smallest absolute Gasteiger partial charge is 0.248 e. The van der Waals surface area contributed by atoms with Gasteiger partial charge in [-0.05, 0) is 55.3 Å². The van der Waals surface area contributed by atoms with Crippen LogP contribution in [-0.4, -0.2) is 26.6 Å². The van der Waals surface area contributed by atoms with Gasteiger partial charge in [-0.3, -0.25) is 9.10 Å². The van der Waals surface area contributed by atoms with Crippen molar-refractivity contribution in [2.45, 2.75) is 26.3 Å². The fraction of sp³-hybridized carbons (Fsp3) is 0.278. The number of amides is 1. The minimum atomic E-state index is -3.84. The average Bonchev–Trinajstić information content (AvgIpc) is 2.56. The second kappa shape index (κ2) is 8.46. The number of halogens is 3. The zero-order valence-corrected chi connectivity index (χ0v) is 17.3. The first-order valence-corrected chi connectivity index (χ1v) is 10.7. The molecular weight excluding hydrogens is 414 g/mol. The molecule has 9 heteroatoms. The minimum absolute atomic E-state index is 0.110. The maximum Gasteiger partial charge on any atom is 0.248 e. The van der Waals surface area contributed by atoms with Crippen LogP contribution in [0, 0.1) is 12.7 Å². The van der Waals surface area contributed by atoms with Crippen LogP contribution >= 0.6 is 23.2 Å². The fourth-order valence-electron chi connectivity index (χ4n) is 2.67. The number of carbonyl (C=O) groups is 1. The predicted octanol–water partition coefficient (Wildman–Crippen LogP) is 4.62. The molecule has 5 nitrogen and oxygen atoms in total. The lowest BCUT2D eigenvalue weighted by Crippen LogP contribution is -2.47. The first-order chi connectivity index (χ1) is 12.5. The van der Waals surface area contributed by atoms with Gasteiger partial charge in [-0.15, -0.1) is 0 Å². The van der Waals surface area contributed by atoms with Crippen molar-refractivity contribution in [2.75, 3.05) is 15.9 Å². The van der Waals surface area contributed by atoms with Crippen LogP contribution in [0.4, 0.5) is 15.8 Å². The molecule has 0 spiro atoms. The van der Waals surface area contributed by atoms with Crippen molar-refractivity contribution < 1.29 is 17.6 Å². The number of hydrogen-bond acceptors (Lipinski definition) is 3. The topological polar surface area (TPSA) is 66.5 Å². The van der Waals surface area contributed by atoms with Crippen LogP contribution in [0.1, 0.15) is 18.9 Å². The highest BCUT2D eigenvalue weighted by Crippen LogP contribution is 2.28. The zero-order valence-electron chi connectivity index (χ0n) is 15.0. The summed E-state index contributed by atoms with van der Waals surface area (Å²) in [5, 5.41) is 3.02. The van der Waals surface area contributed by atoms with E-state index in [0.29, 0.717) is 10.7 Å². The van der Waals surface area contributed by atoms with Gasteiger partial charge in [0.1, 0.15) is 11.9 Å². The van der Waals surface area contributed by atoms with Gasteiger partial charge in [0, 0.05) is 10.7 Å². The van der Waals surface area contributed by atoms with Crippen molar-refractivity contribution in [1.82, 2.24) is 0 Å². The van der Waals surface area contributed by atoms with Crippen molar-refractivity contribution in [3.8, 4) is 0 Å². The molecule has 0 aromatic heterocycles. The van der Waals surface area contributed by atoms with E-state index in [1.54, 1.807) is 32.0 Å². The third-order valence-corrected chi connectivity index (χ3v) is 5.64. The van der Waals surface area contributed by atoms with Crippen molar-refractivity contribution in [1.29, 1.82) is 0 Å². The number of aryl methyl sites for hydroxylation is 1. The van der Waals surface area contributed by atoms with E-state index in [2.05, 4.69) is 5.32 Å². The zero-order chi connectivity index (χ0) is 20.4. The number of rotatable bonds is 6. The summed E-state index contributed by atoms with van der Waals surface area (Å²) in [6, 6.07) is 7.42. The van der Waals surface area contributed by atoms with Gasteiger partial charge in [0.05, 0.1) is 17.0 Å². The van der Waals surface area contributed by atoms with Gasteiger partial charge < -0.3 is 5.32 Å². The van der Waals surface area contributed by atoms with E-state index in [1.807, 2.05) is 0 Å². The van der Waals surface area contributed by atoms with Gasteiger partial charge in [-0.2, -0.15) is 0 Å². The SMILES string of the molecule is CCC(C(=O)Nc1ccc(Cl)cc1C)N(c1ccc(F)c(Cl)c1)S(C)(=O)=O. The summed E-state index contributed by atoms with van der Waals surface area (Å²) in [6.45, 7) is 3.46. The van der Waals surface area contributed by atoms with Crippen LogP contribution < -0.4 is 9.62 Å². The molecule has 2 aromatic carbocycles. The summed E-state index contributed by atoms with van der Waals surface area (Å²) in [5.41, 5.74) is 1.37. The number of benzene rings is 2. The molecule has 1 N–H and O–H groups in total. The van der Waals surface area contributed by atoms with E-state index in [9.17, 15) is 17.6 Å². The van der Waals surface area contributed by atoms with Crippen LogP contribution in [0.5, 0.6) is 0 Å². The molecule has 1 amide bonds. The Bertz CT molecular complexity index is 967. The molecule has 0 bridgehead atoms. The molecule has 0 aliphatic rings. The Morgan fingerprint density at radius 2 is 1.89 bits per heavy atom. The summed E-state index contributed by atoms with van der Waals surface area (Å²) in [7, 11) is -3.84. The third-order valence-electron chi connectivity index (χ3n) is 3.93. The quantitative estimate of drug-likeness (QED) is 0.723.